The maximum atomic E-state index is 5.54. The molecule has 6 heteroatoms. The number of nitrogens with zero attached hydrogens (tertiary/aromatic N) is 2. The molecule has 1 aliphatic heterocycles. The Morgan fingerprint density at radius 2 is 2.06 bits per heavy atom. The van der Waals surface area contributed by atoms with Gasteiger partial charge in [0.1, 0.15) is 18.0 Å². The summed E-state index contributed by atoms with van der Waals surface area (Å²) in [6, 6.07) is 3.64. The molecule has 98 valence electrons. The number of fused-ring (bicyclic) bond motifs is 1. The number of rotatable bonds is 5. The first-order valence-electron chi connectivity index (χ1n) is 5.53. The van der Waals surface area contributed by atoms with Gasteiger partial charge in [-0.25, -0.2) is 9.98 Å². The fourth-order valence-corrected chi connectivity index (χ4v) is 1.70. The van der Waals surface area contributed by atoms with Crippen molar-refractivity contribution in [2.75, 3.05) is 34.5 Å². The molecule has 0 amide bonds. The van der Waals surface area contributed by atoms with Crippen molar-refractivity contribution in [1.82, 2.24) is 4.98 Å². The van der Waals surface area contributed by atoms with Crippen molar-refractivity contribution in [3.8, 4) is 5.88 Å². The minimum atomic E-state index is -0.497. The standard InChI is InChI=1S/C12H16N2O4/c1-15-6-8-7-18-11-9(13-8)4-5-10(14-11)12(16-2)17-3/h4-5,12H,6-7H2,1-3H3. The van der Waals surface area contributed by atoms with E-state index in [1.54, 1.807) is 27.4 Å². The monoisotopic (exact) mass is 252 g/mol. The van der Waals surface area contributed by atoms with E-state index in [-0.39, 0.29) is 0 Å². The maximum Gasteiger partial charge on any atom is 0.240 e. The fourth-order valence-electron chi connectivity index (χ4n) is 1.70. The summed E-state index contributed by atoms with van der Waals surface area (Å²) < 4.78 is 20.8. The summed E-state index contributed by atoms with van der Waals surface area (Å²) in [6.07, 6.45) is -0.497. The minimum Gasteiger partial charge on any atom is -0.470 e. The van der Waals surface area contributed by atoms with Crippen molar-refractivity contribution in [2.45, 2.75) is 6.29 Å². The van der Waals surface area contributed by atoms with Crippen molar-refractivity contribution in [1.29, 1.82) is 0 Å². The Morgan fingerprint density at radius 1 is 1.28 bits per heavy atom. The van der Waals surface area contributed by atoms with E-state index in [4.69, 9.17) is 18.9 Å². The highest BCUT2D eigenvalue weighted by atomic mass is 16.7. The molecule has 1 aromatic heterocycles. The summed E-state index contributed by atoms with van der Waals surface area (Å²) in [5.74, 6) is 0.492. The Bertz CT molecular complexity index is 444. The Kier molecular flexibility index (Phi) is 4.24. The smallest absolute Gasteiger partial charge is 0.240 e. The van der Waals surface area contributed by atoms with Crippen molar-refractivity contribution in [3.63, 3.8) is 0 Å². The molecular formula is C12H16N2O4. The van der Waals surface area contributed by atoms with Crippen LogP contribution in [0.5, 0.6) is 5.88 Å². The van der Waals surface area contributed by atoms with Crippen LogP contribution in [0.4, 0.5) is 5.69 Å². The average Bonchev–Trinajstić information content (AvgIpc) is 2.40. The lowest BCUT2D eigenvalue weighted by atomic mass is 10.3. The van der Waals surface area contributed by atoms with E-state index in [0.29, 0.717) is 30.5 Å². The third-order valence-corrected chi connectivity index (χ3v) is 2.50. The van der Waals surface area contributed by atoms with Gasteiger partial charge in [0.05, 0.1) is 12.3 Å². The SMILES string of the molecule is COCC1=Nc2ccc(C(OC)OC)nc2OC1. The fraction of sp³-hybridized carbons (Fsp3) is 0.500. The third kappa shape index (κ3) is 2.66. The number of pyridine rings is 1. The van der Waals surface area contributed by atoms with Crippen molar-refractivity contribution < 1.29 is 18.9 Å². The average molecular weight is 252 g/mol. The molecule has 18 heavy (non-hydrogen) atoms. The first-order valence-corrected chi connectivity index (χ1v) is 5.53. The molecule has 0 saturated carbocycles. The van der Waals surface area contributed by atoms with E-state index in [1.165, 1.54) is 0 Å². The molecule has 0 radical (unpaired) electrons. The Labute approximate surface area is 106 Å². The van der Waals surface area contributed by atoms with E-state index in [9.17, 15) is 0 Å². The third-order valence-electron chi connectivity index (χ3n) is 2.50. The molecule has 2 heterocycles. The van der Waals surface area contributed by atoms with Crippen LogP contribution >= 0.6 is 0 Å². The quantitative estimate of drug-likeness (QED) is 0.743. The molecule has 0 aromatic carbocycles. The second-order valence-corrected chi connectivity index (χ2v) is 3.76. The maximum absolute atomic E-state index is 5.54. The second kappa shape index (κ2) is 5.90. The van der Waals surface area contributed by atoms with Gasteiger partial charge in [0.25, 0.3) is 0 Å². The van der Waals surface area contributed by atoms with Crippen LogP contribution < -0.4 is 4.74 Å². The first kappa shape index (κ1) is 12.9. The Balaban J connectivity index is 2.24. The molecule has 6 nitrogen and oxygen atoms in total. The van der Waals surface area contributed by atoms with Crippen LogP contribution in [0.3, 0.4) is 0 Å². The van der Waals surface area contributed by atoms with Crippen LogP contribution in [0, 0.1) is 0 Å². The largest absolute Gasteiger partial charge is 0.470 e. The summed E-state index contributed by atoms with van der Waals surface area (Å²) in [4.78, 5) is 8.74. The highest BCUT2D eigenvalue weighted by Crippen LogP contribution is 2.30. The van der Waals surface area contributed by atoms with Gasteiger partial charge in [0.15, 0.2) is 0 Å². The topological polar surface area (TPSA) is 62.2 Å². The van der Waals surface area contributed by atoms with E-state index >= 15 is 0 Å². The molecule has 1 aliphatic rings. The number of ether oxygens (including phenoxy) is 4. The summed E-state index contributed by atoms with van der Waals surface area (Å²) in [5, 5.41) is 0. The summed E-state index contributed by atoms with van der Waals surface area (Å²) in [6.45, 7) is 0.849. The van der Waals surface area contributed by atoms with Crippen LogP contribution in [0.2, 0.25) is 0 Å². The number of hydrogen-bond donors (Lipinski definition) is 0. The second-order valence-electron chi connectivity index (χ2n) is 3.76. The number of aliphatic imine (C=N–C) groups is 1. The molecule has 0 unspecified atom stereocenters. The number of aromatic nitrogens is 1. The molecule has 0 saturated heterocycles. The van der Waals surface area contributed by atoms with E-state index in [2.05, 4.69) is 9.98 Å². The molecule has 0 spiro atoms. The zero-order valence-corrected chi connectivity index (χ0v) is 10.7. The Hall–Kier alpha value is -1.50. The van der Waals surface area contributed by atoms with Gasteiger partial charge in [-0.05, 0) is 12.1 Å². The van der Waals surface area contributed by atoms with Crippen molar-refractivity contribution in [3.05, 3.63) is 17.8 Å². The van der Waals surface area contributed by atoms with Gasteiger partial charge in [-0.3, -0.25) is 0 Å². The minimum absolute atomic E-state index is 0.391. The summed E-state index contributed by atoms with van der Waals surface area (Å²) >= 11 is 0. The van der Waals surface area contributed by atoms with Crippen LogP contribution in [0.15, 0.2) is 17.1 Å². The van der Waals surface area contributed by atoms with Crippen LogP contribution in [0.25, 0.3) is 0 Å². The molecule has 2 rings (SSSR count). The van der Waals surface area contributed by atoms with Gasteiger partial charge in [0.2, 0.25) is 12.2 Å². The Morgan fingerprint density at radius 3 is 2.72 bits per heavy atom. The summed E-state index contributed by atoms with van der Waals surface area (Å²) in [7, 11) is 4.75. The molecule has 0 fully saturated rings. The highest BCUT2D eigenvalue weighted by molar-refractivity contribution is 5.91. The van der Waals surface area contributed by atoms with Gasteiger partial charge < -0.3 is 18.9 Å². The zero-order valence-electron chi connectivity index (χ0n) is 10.7. The van der Waals surface area contributed by atoms with Crippen LogP contribution in [-0.4, -0.2) is 45.2 Å². The number of hydrogen-bond acceptors (Lipinski definition) is 6. The van der Waals surface area contributed by atoms with Gasteiger partial charge in [-0.1, -0.05) is 0 Å². The number of methoxy groups -OCH3 is 3. The van der Waals surface area contributed by atoms with Crippen LogP contribution in [-0.2, 0) is 14.2 Å². The zero-order chi connectivity index (χ0) is 13.0. The van der Waals surface area contributed by atoms with E-state index in [0.717, 1.165) is 5.71 Å². The summed E-state index contributed by atoms with van der Waals surface area (Å²) in [5.41, 5.74) is 2.20. The predicted molar refractivity (Wildman–Crippen MR) is 65.5 cm³/mol. The normalized spacial score (nSPS) is 14.1. The molecule has 0 bridgehead atoms. The predicted octanol–water partition coefficient (Wildman–Crippen LogP) is 1.48. The lowest BCUT2D eigenvalue weighted by Gasteiger charge is -2.18. The van der Waals surface area contributed by atoms with E-state index in [1.807, 2.05) is 6.07 Å². The van der Waals surface area contributed by atoms with Gasteiger partial charge in [-0.15, -0.1) is 0 Å². The molecular weight excluding hydrogens is 236 g/mol. The highest BCUT2D eigenvalue weighted by Gasteiger charge is 2.18. The molecule has 0 aliphatic carbocycles. The van der Waals surface area contributed by atoms with Crippen molar-refractivity contribution in [2.24, 2.45) is 4.99 Å². The van der Waals surface area contributed by atoms with Gasteiger partial charge in [0, 0.05) is 21.3 Å². The van der Waals surface area contributed by atoms with Crippen LogP contribution in [0.1, 0.15) is 12.0 Å². The molecule has 0 N–H and O–H groups in total. The molecule has 0 atom stereocenters. The lowest BCUT2D eigenvalue weighted by Crippen LogP contribution is -2.20. The van der Waals surface area contributed by atoms with E-state index < -0.39 is 6.29 Å². The molecule has 1 aromatic rings. The van der Waals surface area contributed by atoms with Crippen molar-refractivity contribution >= 4 is 11.4 Å². The van der Waals surface area contributed by atoms with Gasteiger partial charge >= 0.3 is 0 Å². The van der Waals surface area contributed by atoms with Gasteiger partial charge in [-0.2, -0.15) is 0 Å². The first-order chi connectivity index (χ1) is 8.78. The lowest BCUT2D eigenvalue weighted by molar-refractivity contribution is -0.108.